The van der Waals surface area contributed by atoms with E-state index in [9.17, 15) is 14.0 Å². The second kappa shape index (κ2) is 8.79. The Labute approximate surface area is 175 Å². The molecule has 1 aliphatic heterocycles. The molecule has 0 saturated carbocycles. The van der Waals surface area contributed by atoms with Crippen molar-refractivity contribution >= 4 is 40.2 Å². The summed E-state index contributed by atoms with van der Waals surface area (Å²) in [7, 11) is 0. The van der Waals surface area contributed by atoms with Crippen LogP contribution in [0.5, 0.6) is 0 Å². The molecule has 4 rings (SSSR count). The second-order valence-electron chi connectivity index (χ2n) is 6.84. The topological polar surface area (TPSA) is 75.2 Å². The summed E-state index contributed by atoms with van der Waals surface area (Å²) in [6.45, 7) is 1.33. The average Bonchev–Trinajstić information content (AvgIpc) is 3.40. The van der Waals surface area contributed by atoms with Crippen LogP contribution in [0.4, 0.5) is 10.1 Å². The number of benzene rings is 1. The summed E-state index contributed by atoms with van der Waals surface area (Å²) >= 11 is 2.81. The van der Waals surface area contributed by atoms with E-state index in [-0.39, 0.29) is 16.8 Å². The lowest BCUT2D eigenvalue weighted by Gasteiger charge is -2.31. The highest BCUT2D eigenvalue weighted by Crippen LogP contribution is 2.30. The Balaban J connectivity index is 1.39. The third-order valence-corrected chi connectivity index (χ3v) is 6.71. The lowest BCUT2D eigenvalue weighted by molar-refractivity contribution is -0.131. The van der Waals surface area contributed by atoms with Gasteiger partial charge >= 0.3 is 0 Å². The van der Waals surface area contributed by atoms with Gasteiger partial charge in [-0.3, -0.25) is 9.59 Å². The molecule has 1 atom stereocenters. The van der Waals surface area contributed by atoms with Gasteiger partial charge in [-0.05, 0) is 42.5 Å². The molecule has 0 unspecified atom stereocenters. The van der Waals surface area contributed by atoms with Gasteiger partial charge in [0, 0.05) is 29.6 Å². The number of piperidine rings is 1. The number of carbonyl (C=O) groups is 2. The Hall–Kier alpha value is -2.65. The molecule has 0 aliphatic carbocycles. The molecule has 29 heavy (non-hydrogen) atoms. The summed E-state index contributed by atoms with van der Waals surface area (Å²) in [5.41, 5.74) is 0.370. The molecule has 1 aromatic carbocycles. The lowest BCUT2D eigenvalue weighted by Crippen LogP contribution is -2.39. The van der Waals surface area contributed by atoms with Crippen LogP contribution < -0.4 is 5.32 Å². The van der Waals surface area contributed by atoms with Crippen molar-refractivity contribution in [1.29, 1.82) is 0 Å². The smallest absolute Gasteiger partial charge is 0.286 e. The Morgan fingerprint density at radius 2 is 2.14 bits per heavy atom. The number of likely N-dealkylation sites (tertiary alicyclic amines) is 1. The van der Waals surface area contributed by atoms with Crippen molar-refractivity contribution in [2.24, 2.45) is 0 Å². The molecule has 0 spiro atoms. The van der Waals surface area contributed by atoms with Crippen LogP contribution in [-0.2, 0) is 11.2 Å². The molecule has 0 bridgehead atoms. The van der Waals surface area contributed by atoms with Gasteiger partial charge in [-0.25, -0.2) is 4.39 Å². The number of carbonyl (C=O) groups excluding carboxylic acids is 2. The maximum absolute atomic E-state index is 13.3. The summed E-state index contributed by atoms with van der Waals surface area (Å²) in [4.78, 5) is 27.9. The van der Waals surface area contributed by atoms with E-state index in [1.54, 1.807) is 17.4 Å². The van der Waals surface area contributed by atoms with Gasteiger partial charge in [0.2, 0.25) is 10.9 Å². The first-order valence-corrected chi connectivity index (χ1v) is 11.0. The summed E-state index contributed by atoms with van der Waals surface area (Å²) < 4.78 is 13.3. The molecule has 1 aliphatic rings. The Kier molecular flexibility index (Phi) is 5.96. The number of rotatable bonds is 5. The molecule has 9 heteroatoms. The predicted molar refractivity (Wildman–Crippen MR) is 111 cm³/mol. The number of aromatic nitrogens is 2. The summed E-state index contributed by atoms with van der Waals surface area (Å²) in [5, 5.41) is 13.8. The maximum Gasteiger partial charge on any atom is 0.286 e. The van der Waals surface area contributed by atoms with Crippen molar-refractivity contribution in [3.8, 4) is 0 Å². The highest BCUT2D eigenvalue weighted by Gasteiger charge is 2.28. The number of halogens is 1. The van der Waals surface area contributed by atoms with E-state index >= 15 is 0 Å². The molecular weight excluding hydrogens is 411 g/mol. The minimum atomic E-state index is -0.421. The van der Waals surface area contributed by atoms with E-state index in [0.29, 0.717) is 18.7 Å². The van der Waals surface area contributed by atoms with Gasteiger partial charge in [-0.1, -0.05) is 23.5 Å². The molecule has 1 saturated heterocycles. The van der Waals surface area contributed by atoms with E-state index in [4.69, 9.17) is 0 Å². The Morgan fingerprint density at radius 3 is 2.93 bits per heavy atom. The maximum atomic E-state index is 13.3. The first-order chi connectivity index (χ1) is 14.1. The SMILES string of the molecule is O=C(Nc1cccc(F)c1)c1nnc([C@@H]2CCCN(C(=O)Cc3cccs3)C2)s1. The van der Waals surface area contributed by atoms with Gasteiger partial charge in [0.05, 0.1) is 6.42 Å². The van der Waals surface area contributed by atoms with Crippen molar-refractivity contribution in [2.75, 3.05) is 18.4 Å². The molecule has 3 heterocycles. The van der Waals surface area contributed by atoms with E-state index < -0.39 is 11.7 Å². The first kappa shape index (κ1) is 19.7. The van der Waals surface area contributed by atoms with Gasteiger partial charge in [0.15, 0.2) is 0 Å². The zero-order chi connectivity index (χ0) is 20.2. The third-order valence-electron chi connectivity index (χ3n) is 4.75. The monoisotopic (exact) mass is 430 g/mol. The highest BCUT2D eigenvalue weighted by molar-refractivity contribution is 7.13. The first-order valence-electron chi connectivity index (χ1n) is 9.29. The molecular formula is C20H19FN4O2S2. The minimum absolute atomic E-state index is 0.0734. The van der Waals surface area contributed by atoms with Crippen LogP contribution in [0, 0.1) is 5.82 Å². The van der Waals surface area contributed by atoms with Crippen molar-refractivity contribution in [2.45, 2.75) is 25.2 Å². The molecule has 150 valence electrons. The van der Waals surface area contributed by atoms with Gasteiger partial charge in [0.1, 0.15) is 10.8 Å². The Bertz CT molecular complexity index is 1010. The van der Waals surface area contributed by atoms with E-state index in [1.165, 1.54) is 29.5 Å². The molecule has 2 amide bonds. The van der Waals surface area contributed by atoms with Crippen LogP contribution in [0.15, 0.2) is 41.8 Å². The number of anilines is 1. The molecule has 1 fully saturated rings. The number of amides is 2. The van der Waals surface area contributed by atoms with Crippen molar-refractivity contribution < 1.29 is 14.0 Å². The number of nitrogens with one attached hydrogen (secondary N) is 1. The minimum Gasteiger partial charge on any atom is -0.342 e. The predicted octanol–water partition coefficient (Wildman–Crippen LogP) is 3.94. The van der Waals surface area contributed by atoms with E-state index in [1.807, 2.05) is 22.4 Å². The fraction of sp³-hybridized carbons (Fsp3) is 0.300. The standard InChI is InChI=1S/C20H19FN4O2S2/c21-14-5-1-6-15(10-14)22-18(27)20-24-23-19(29-20)13-4-2-8-25(12-13)17(26)11-16-7-3-9-28-16/h1,3,5-7,9-10,13H,2,4,8,11-12H2,(H,22,27)/t13-/m1/s1. The van der Waals surface area contributed by atoms with Crippen LogP contribution in [-0.4, -0.2) is 40.0 Å². The zero-order valence-electron chi connectivity index (χ0n) is 15.5. The number of hydrogen-bond donors (Lipinski definition) is 1. The number of nitrogens with zero attached hydrogens (tertiary/aromatic N) is 3. The van der Waals surface area contributed by atoms with Crippen molar-refractivity contribution in [3.63, 3.8) is 0 Å². The number of hydrogen-bond acceptors (Lipinski definition) is 6. The molecule has 0 radical (unpaired) electrons. The van der Waals surface area contributed by atoms with Crippen LogP contribution in [0.2, 0.25) is 0 Å². The van der Waals surface area contributed by atoms with E-state index in [2.05, 4.69) is 15.5 Å². The molecule has 6 nitrogen and oxygen atoms in total. The van der Waals surface area contributed by atoms with Crippen LogP contribution >= 0.6 is 22.7 Å². The summed E-state index contributed by atoms with van der Waals surface area (Å²) in [6.07, 6.45) is 2.22. The second-order valence-corrected chi connectivity index (χ2v) is 8.89. The van der Waals surface area contributed by atoms with E-state index in [0.717, 1.165) is 29.3 Å². The quantitative estimate of drug-likeness (QED) is 0.665. The average molecular weight is 431 g/mol. The number of thiophene rings is 1. The fourth-order valence-corrected chi connectivity index (χ4v) is 4.88. The zero-order valence-corrected chi connectivity index (χ0v) is 17.1. The van der Waals surface area contributed by atoms with Gasteiger partial charge in [-0.15, -0.1) is 21.5 Å². The van der Waals surface area contributed by atoms with Crippen molar-refractivity contribution in [3.05, 3.63) is 62.5 Å². The molecule has 2 aromatic heterocycles. The van der Waals surface area contributed by atoms with Gasteiger partial charge < -0.3 is 10.2 Å². The fourth-order valence-electron chi connectivity index (χ4n) is 3.32. The highest BCUT2D eigenvalue weighted by atomic mass is 32.1. The van der Waals surface area contributed by atoms with Crippen molar-refractivity contribution in [1.82, 2.24) is 15.1 Å². The third kappa shape index (κ3) is 4.86. The van der Waals surface area contributed by atoms with Gasteiger partial charge in [0.25, 0.3) is 5.91 Å². The molecule has 1 N–H and O–H groups in total. The summed E-state index contributed by atoms with van der Waals surface area (Å²) in [5.74, 6) is -0.647. The van der Waals surface area contributed by atoms with Crippen LogP contribution in [0.3, 0.4) is 0 Å². The normalized spacial score (nSPS) is 16.6. The van der Waals surface area contributed by atoms with Crippen LogP contribution in [0.25, 0.3) is 0 Å². The largest absolute Gasteiger partial charge is 0.342 e. The lowest BCUT2D eigenvalue weighted by atomic mass is 9.98. The Morgan fingerprint density at radius 1 is 1.24 bits per heavy atom. The van der Waals surface area contributed by atoms with Crippen LogP contribution in [0.1, 0.15) is 38.4 Å². The molecule has 3 aromatic rings. The van der Waals surface area contributed by atoms with Gasteiger partial charge in [-0.2, -0.15) is 0 Å². The summed E-state index contributed by atoms with van der Waals surface area (Å²) in [6, 6.07) is 9.62.